The van der Waals surface area contributed by atoms with Gasteiger partial charge in [0.15, 0.2) is 17.3 Å². The number of methoxy groups -OCH3 is 1. The third-order valence-electron chi connectivity index (χ3n) is 4.83. The van der Waals surface area contributed by atoms with E-state index in [1.807, 2.05) is 36.4 Å². The minimum atomic E-state index is -0.910. The number of nitrogens with one attached hydrogen (secondary N) is 1. The first kappa shape index (κ1) is 17.9. The molecule has 0 saturated carbocycles. The first-order valence-corrected chi connectivity index (χ1v) is 8.90. The van der Waals surface area contributed by atoms with Crippen LogP contribution in [0, 0.1) is 5.82 Å². The molecule has 0 radical (unpaired) electrons. The number of rotatable bonds is 4. The van der Waals surface area contributed by atoms with E-state index < -0.39 is 17.5 Å². The van der Waals surface area contributed by atoms with E-state index in [1.54, 1.807) is 0 Å². The molecular formula is C22H19FN2O3. The molecule has 28 heavy (non-hydrogen) atoms. The number of aromatic hydroxyl groups is 1. The minimum Gasteiger partial charge on any atom is -0.502 e. The van der Waals surface area contributed by atoms with Crippen molar-refractivity contribution in [2.45, 2.75) is 6.42 Å². The van der Waals surface area contributed by atoms with Crippen LogP contribution in [-0.2, 0) is 6.42 Å². The number of fused-ring (bicyclic) bond motifs is 1. The number of ether oxygens (including phenoxy) is 1. The molecule has 0 spiro atoms. The van der Waals surface area contributed by atoms with E-state index in [9.17, 15) is 14.3 Å². The highest BCUT2D eigenvalue weighted by Crippen LogP contribution is 2.35. The molecule has 1 aliphatic heterocycles. The van der Waals surface area contributed by atoms with Crippen molar-refractivity contribution in [3.05, 3.63) is 77.6 Å². The second-order valence-electron chi connectivity index (χ2n) is 6.54. The second-order valence-corrected chi connectivity index (χ2v) is 6.54. The van der Waals surface area contributed by atoms with Gasteiger partial charge in [0.1, 0.15) is 0 Å². The summed E-state index contributed by atoms with van der Waals surface area (Å²) in [6, 6.07) is 18.1. The molecule has 6 heteroatoms. The zero-order valence-corrected chi connectivity index (χ0v) is 15.3. The molecule has 1 aliphatic rings. The fraction of sp³-hybridized carbons (Fsp3) is 0.136. The normalized spacial score (nSPS) is 12.6. The van der Waals surface area contributed by atoms with Crippen molar-refractivity contribution in [3.8, 4) is 11.5 Å². The predicted molar refractivity (Wildman–Crippen MR) is 106 cm³/mol. The van der Waals surface area contributed by atoms with Gasteiger partial charge < -0.3 is 20.1 Å². The molecule has 2 N–H and O–H groups in total. The van der Waals surface area contributed by atoms with Crippen molar-refractivity contribution in [3.63, 3.8) is 0 Å². The van der Waals surface area contributed by atoms with E-state index in [1.165, 1.54) is 24.4 Å². The number of hydrogen-bond acceptors (Lipinski definition) is 4. The average molecular weight is 378 g/mol. The summed E-state index contributed by atoms with van der Waals surface area (Å²) < 4.78 is 18.6. The number of anilines is 3. The van der Waals surface area contributed by atoms with Gasteiger partial charge >= 0.3 is 0 Å². The van der Waals surface area contributed by atoms with Gasteiger partial charge in [-0.2, -0.15) is 0 Å². The molecule has 0 aliphatic carbocycles. The standard InChI is InChI=1S/C22H19FN2O3/c1-28-20-13-15(12-18(23)21(20)26)22(27)24-16-6-8-17(9-7-16)25-11-10-14-4-2-3-5-19(14)25/h2-9,12-13,26H,10-11H2,1H3,(H,24,27). The van der Waals surface area contributed by atoms with Crippen LogP contribution in [0.15, 0.2) is 60.7 Å². The number of amides is 1. The second kappa shape index (κ2) is 7.23. The molecule has 0 fully saturated rings. The van der Waals surface area contributed by atoms with Gasteiger partial charge in [0.2, 0.25) is 0 Å². The lowest BCUT2D eigenvalue weighted by molar-refractivity contribution is 0.102. The maximum Gasteiger partial charge on any atom is 0.255 e. The molecule has 0 aromatic heterocycles. The molecule has 3 aromatic carbocycles. The van der Waals surface area contributed by atoms with Crippen molar-refractivity contribution in [2.75, 3.05) is 23.9 Å². The van der Waals surface area contributed by atoms with Gasteiger partial charge in [-0.3, -0.25) is 4.79 Å². The summed E-state index contributed by atoms with van der Waals surface area (Å²) in [6.45, 7) is 0.914. The third kappa shape index (κ3) is 3.24. The Hall–Kier alpha value is -3.54. The first-order valence-electron chi connectivity index (χ1n) is 8.90. The molecule has 5 nitrogen and oxygen atoms in total. The van der Waals surface area contributed by atoms with E-state index >= 15 is 0 Å². The number of hydrogen-bond donors (Lipinski definition) is 2. The van der Waals surface area contributed by atoms with Gasteiger partial charge in [0.25, 0.3) is 5.91 Å². The van der Waals surface area contributed by atoms with Crippen molar-refractivity contribution in [1.29, 1.82) is 0 Å². The molecule has 3 aromatic rings. The highest BCUT2D eigenvalue weighted by molar-refractivity contribution is 6.04. The van der Waals surface area contributed by atoms with Crippen molar-refractivity contribution in [1.82, 2.24) is 0 Å². The average Bonchev–Trinajstić information content (AvgIpc) is 3.14. The van der Waals surface area contributed by atoms with E-state index in [4.69, 9.17) is 4.74 Å². The van der Waals surface area contributed by atoms with Gasteiger partial charge in [-0.15, -0.1) is 0 Å². The fourth-order valence-corrected chi connectivity index (χ4v) is 3.39. The van der Waals surface area contributed by atoms with E-state index in [0.717, 1.165) is 24.7 Å². The van der Waals surface area contributed by atoms with Crippen LogP contribution >= 0.6 is 0 Å². The van der Waals surface area contributed by atoms with Crippen LogP contribution in [0.1, 0.15) is 15.9 Å². The van der Waals surface area contributed by atoms with Crippen LogP contribution in [0.3, 0.4) is 0 Å². The van der Waals surface area contributed by atoms with E-state index in [-0.39, 0.29) is 11.3 Å². The number of para-hydroxylation sites is 1. The van der Waals surface area contributed by atoms with Crippen molar-refractivity contribution < 1.29 is 19.0 Å². The Balaban J connectivity index is 1.51. The zero-order valence-electron chi connectivity index (χ0n) is 15.3. The largest absolute Gasteiger partial charge is 0.502 e. The smallest absolute Gasteiger partial charge is 0.255 e. The SMILES string of the molecule is COc1cc(C(=O)Nc2ccc(N3CCc4ccccc43)cc2)cc(F)c1O. The molecule has 0 saturated heterocycles. The molecule has 1 heterocycles. The molecule has 0 bridgehead atoms. The number of benzene rings is 3. The number of halogens is 1. The van der Waals surface area contributed by atoms with Crippen LogP contribution in [0.5, 0.6) is 11.5 Å². The Morgan fingerprint density at radius 3 is 2.64 bits per heavy atom. The summed E-state index contributed by atoms with van der Waals surface area (Å²) in [7, 11) is 1.30. The Morgan fingerprint density at radius 1 is 1.14 bits per heavy atom. The highest BCUT2D eigenvalue weighted by Gasteiger charge is 2.20. The third-order valence-corrected chi connectivity index (χ3v) is 4.83. The number of nitrogens with zero attached hydrogens (tertiary/aromatic N) is 1. The Kier molecular flexibility index (Phi) is 4.61. The molecule has 0 atom stereocenters. The summed E-state index contributed by atoms with van der Waals surface area (Å²) >= 11 is 0. The molecule has 0 unspecified atom stereocenters. The fourth-order valence-electron chi connectivity index (χ4n) is 3.39. The van der Waals surface area contributed by atoms with Crippen LogP contribution in [0.25, 0.3) is 0 Å². The van der Waals surface area contributed by atoms with Crippen LogP contribution in [-0.4, -0.2) is 24.7 Å². The van der Waals surface area contributed by atoms with Crippen LogP contribution in [0.4, 0.5) is 21.5 Å². The summed E-state index contributed by atoms with van der Waals surface area (Å²) in [5.74, 6) is -2.11. The number of carbonyl (C=O) groups excluding carboxylic acids is 1. The lowest BCUT2D eigenvalue weighted by Gasteiger charge is -2.20. The highest BCUT2D eigenvalue weighted by atomic mass is 19.1. The van der Waals surface area contributed by atoms with Gasteiger partial charge in [-0.25, -0.2) is 4.39 Å². The summed E-state index contributed by atoms with van der Waals surface area (Å²) in [4.78, 5) is 14.7. The molecule has 142 valence electrons. The maximum absolute atomic E-state index is 13.8. The Bertz CT molecular complexity index is 1030. The van der Waals surface area contributed by atoms with E-state index in [2.05, 4.69) is 22.3 Å². The summed E-state index contributed by atoms with van der Waals surface area (Å²) in [6.07, 6.45) is 1.00. The Morgan fingerprint density at radius 2 is 1.89 bits per heavy atom. The summed E-state index contributed by atoms with van der Waals surface area (Å²) in [5.41, 5.74) is 4.22. The number of phenols is 1. The molecular weight excluding hydrogens is 359 g/mol. The minimum absolute atomic E-state index is 0.0599. The molecule has 1 amide bonds. The van der Waals surface area contributed by atoms with E-state index in [0.29, 0.717) is 5.69 Å². The lowest BCUT2D eigenvalue weighted by atomic mass is 10.1. The quantitative estimate of drug-likeness (QED) is 0.702. The first-order chi connectivity index (χ1) is 13.6. The monoisotopic (exact) mass is 378 g/mol. The summed E-state index contributed by atoms with van der Waals surface area (Å²) in [5, 5.41) is 12.3. The predicted octanol–water partition coefficient (Wildman–Crippen LogP) is 4.49. The topological polar surface area (TPSA) is 61.8 Å². The maximum atomic E-state index is 13.8. The molecule has 4 rings (SSSR count). The Labute approximate surface area is 162 Å². The van der Waals surface area contributed by atoms with Crippen LogP contribution < -0.4 is 15.0 Å². The van der Waals surface area contributed by atoms with Crippen LogP contribution in [0.2, 0.25) is 0 Å². The number of carbonyl (C=O) groups is 1. The van der Waals surface area contributed by atoms with Gasteiger partial charge in [-0.05, 0) is 54.4 Å². The van der Waals surface area contributed by atoms with Gasteiger partial charge in [-0.1, -0.05) is 18.2 Å². The van der Waals surface area contributed by atoms with Crippen molar-refractivity contribution in [2.24, 2.45) is 0 Å². The van der Waals surface area contributed by atoms with Gasteiger partial charge in [0, 0.05) is 29.2 Å². The number of phenolic OH excluding ortho intramolecular Hbond substituents is 1. The zero-order chi connectivity index (χ0) is 19.7. The van der Waals surface area contributed by atoms with Gasteiger partial charge in [0.05, 0.1) is 7.11 Å². The lowest BCUT2D eigenvalue weighted by Crippen LogP contribution is -2.14. The van der Waals surface area contributed by atoms with Crippen molar-refractivity contribution >= 4 is 23.0 Å².